The summed E-state index contributed by atoms with van der Waals surface area (Å²) in [5.41, 5.74) is 6.38. The number of rotatable bonds is 8. The second-order valence-electron chi connectivity index (χ2n) is 12.0. The van der Waals surface area contributed by atoms with Gasteiger partial charge in [-0.15, -0.1) is 0 Å². The molecule has 0 saturated carbocycles. The second kappa shape index (κ2) is 21.2. The molecule has 0 N–H and O–H groups in total. The number of aromatic nitrogens is 6. The van der Waals surface area contributed by atoms with Crippen molar-refractivity contribution in [2.24, 2.45) is 0 Å². The van der Waals surface area contributed by atoms with Crippen LogP contribution in [0, 0.1) is 11.3 Å². The van der Waals surface area contributed by atoms with E-state index in [0.29, 0.717) is 13.2 Å². The van der Waals surface area contributed by atoms with Gasteiger partial charge in [-0.25, -0.2) is 9.97 Å². The van der Waals surface area contributed by atoms with Gasteiger partial charge in [-0.05, 0) is 62.4 Å². The Labute approximate surface area is 378 Å². The van der Waals surface area contributed by atoms with Crippen LogP contribution in [0.25, 0.3) is 45.6 Å². The molecule has 0 amide bonds. The summed E-state index contributed by atoms with van der Waals surface area (Å²) in [5, 5.41) is 7.32. The topological polar surface area (TPSA) is 120 Å². The fraction of sp³-hybridized carbons (Fsp3) is 0.139. The van der Waals surface area contributed by atoms with Crippen molar-refractivity contribution in [3.63, 3.8) is 0 Å². The second-order valence-corrected chi connectivity index (χ2v) is 17.7. The minimum Gasteiger partial charge on any atom is 3.00 e. The first-order valence-corrected chi connectivity index (χ1v) is 23.5. The molecule has 0 aliphatic carbocycles. The summed E-state index contributed by atoms with van der Waals surface area (Å²) in [4.78, 5) is 26.7. The molecule has 0 aliphatic heterocycles. The molecule has 0 unspecified atom stereocenters. The zero-order chi connectivity index (χ0) is 50.9. The van der Waals surface area contributed by atoms with Crippen molar-refractivity contribution < 1.29 is 102 Å². The van der Waals surface area contributed by atoms with Gasteiger partial charge in [0.15, 0.2) is 0 Å². The Balaban J connectivity index is 0.000000879. The minimum atomic E-state index is -10.7. The van der Waals surface area contributed by atoms with Crippen molar-refractivity contribution >= 4 is 23.4 Å². The standard InChI is InChI=1S/2C17H15N3O.C2H3N.Co.3F6P/c2*1-2-21-13-11-16(14-7-3-5-9-18-14)20-17(12-13)15-8-4-6-10-19-15;1-2-3;;3*1-7(2,3,4,5)6/h2*3-12H,2H2,1H3;1H3;;;;/q;;;+3;3*-1. The molecule has 0 aliphatic rings. The van der Waals surface area contributed by atoms with Crippen molar-refractivity contribution in [1.82, 2.24) is 29.9 Å². The summed E-state index contributed by atoms with van der Waals surface area (Å²) >= 11 is 0. The van der Waals surface area contributed by atoms with Crippen LogP contribution < -0.4 is 9.47 Å². The van der Waals surface area contributed by atoms with E-state index in [2.05, 4.69) is 29.9 Å². The normalized spacial score (nSPS) is 13.9. The molecule has 9 nitrogen and oxygen atoms in total. The maximum absolute atomic E-state index is 10.7. The van der Waals surface area contributed by atoms with Gasteiger partial charge in [0, 0.05) is 56.0 Å². The summed E-state index contributed by atoms with van der Waals surface area (Å²) in [6, 6.07) is 32.4. The van der Waals surface area contributed by atoms with E-state index in [4.69, 9.17) is 14.7 Å². The van der Waals surface area contributed by atoms with E-state index in [0.717, 1.165) is 57.1 Å². The van der Waals surface area contributed by atoms with Crippen LogP contribution in [0.2, 0.25) is 0 Å². The van der Waals surface area contributed by atoms with Crippen molar-refractivity contribution in [3.05, 3.63) is 122 Å². The Morgan fingerprint density at radius 3 is 0.716 bits per heavy atom. The molecule has 374 valence electrons. The zero-order valence-corrected chi connectivity index (χ0v) is 37.6. The van der Waals surface area contributed by atoms with Crippen molar-refractivity contribution in [3.8, 4) is 63.1 Å². The average molecular weight is 1090 g/mol. The average Bonchev–Trinajstić information content (AvgIpc) is 3.16. The summed E-state index contributed by atoms with van der Waals surface area (Å²) < 4.78 is 189. The first kappa shape index (κ1) is 61.5. The van der Waals surface area contributed by atoms with Crippen LogP contribution in [0.4, 0.5) is 75.5 Å². The van der Waals surface area contributed by atoms with Gasteiger partial charge in [-0.1, -0.05) is 24.3 Å². The number of ether oxygens (including phenoxy) is 2. The monoisotopic (exact) mass is 1090 g/mol. The maximum atomic E-state index is 9.87. The molecule has 0 saturated heterocycles. The molecule has 0 aromatic carbocycles. The Morgan fingerprint density at radius 2 is 0.582 bits per heavy atom. The van der Waals surface area contributed by atoms with Crippen molar-refractivity contribution in [2.75, 3.05) is 13.2 Å². The van der Waals surface area contributed by atoms with Gasteiger partial charge < -0.3 is 9.47 Å². The fourth-order valence-corrected chi connectivity index (χ4v) is 4.09. The molecule has 31 heteroatoms. The molecule has 67 heavy (non-hydrogen) atoms. The molecule has 0 atom stereocenters. The van der Waals surface area contributed by atoms with Gasteiger partial charge in [-0.2, -0.15) is 5.26 Å². The van der Waals surface area contributed by atoms with Gasteiger partial charge in [0.25, 0.3) is 0 Å². The van der Waals surface area contributed by atoms with Crippen LogP contribution in [-0.2, 0) is 16.8 Å². The van der Waals surface area contributed by atoms with Crippen LogP contribution in [0.15, 0.2) is 122 Å². The van der Waals surface area contributed by atoms with Gasteiger partial charge in [0.05, 0.1) is 64.8 Å². The van der Waals surface area contributed by atoms with Gasteiger partial charge in [0.2, 0.25) is 0 Å². The Bertz CT molecular complexity index is 2160. The Morgan fingerprint density at radius 1 is 0.403 bits per heavy atom. The molecule has 0 spiro atoms. The van der Waals surface area contributed by atoms with Crippen LogP contribution in [0.3, 0.4) is 0 Å². The van der Waals surface area contributed by atoms with E-state index in [1.807, 2.05) is 111 Å². The fourth-order valence-electron chi connectivity index (χ4n) is 4.09. The van der Waals surface area contributed by atoms with Crippen molar-refractivity contribution in [1.29, 1.82) is 5.26 Å². The van der Waals surface area contributed by atoms with E-state index in [-0.39, 0.29) is 16.8 Å². The molecular weight excluding hydrogens is 1060 g/mol. The Hall–Kier alpha value is -5.47. The largest absolute Gasteiger partial charge is 3.00 e. The summed E-state index contributed by atoms with van der Waals surface area (Å²) in [6.45, 7) is 6.56. The summed E-state index contributed by atoms with van der Waals surface area (Å²) in [5.74, 6) is 1.54. The number of hydrogen-bond donors (Lipinski definition) is 0. The molecular formula is C36H33CoF18N7O2P3. The number of hydrogen-bond acceptors (Lipinski definition) is 9. The van der Waals surface area contributed by atoms with Gasteiger partial charge >= 0.3 is 116 Å². The quantitative estimate of drug-likeness (QED) is 0.108. The smallest absolute Gasteiger partial charge is 3.00 e. The van der Waals surface area contributed by atoms with Crippen molar-refractivity contribution in [2.45, 2.75) is 20.8 Å². The summed E-state index contributed by atoms with van der Waals surface area (Å²) in [7, 11) is -32.0. The molecule has 6 rings (SSSR count). The van der Waals surface area contributed by atoms with E-state index in [9.17, 15) is 75.5 Å². The molecule has 6 aromatic rings. The van der Waals surface area contributed by atoms with Crippen LogP contribution in [0.1, 0.15) is 20.8 Å². The number of nitriles is 1. The predicted octanol–water partition coefficient (Wildman–Crippen LogP) is 17.9. The van der Waals surface area contributed by atoms with Crippen LogP contribution in [0.5, 0.6) is 11.5 Å². The minimum absolute atomic E-state index is 0. The molecule has 6 aromatic heterocycles. The number of nitrogens with zero attached hydrogens (tertiary/aromatic N) is 7. The number of halogens is 18. The third kappa shape index (κ3) is 39.4. The zero-order valence-electron chi connectivity index (χ0n) is 33.9. The summed E-state index contributed by atoms with van der Waals surface area (Å²) in [6.07, 6.45) is 7.02. The number of pyridine rings is 6. The third-order valence-electron chi connectivity index (χ3n) is 5.93. The van der Waals surface area contributed by atoms with Crippen LogP contribution in [-0.4, -0.2) is 43.1 Å². The first-order valence-electron chi connectivity index (χ1n) is 17.5. The van der Waals surface area contributed by atoms with Gasteiger partial charge in [-0.3, -0.25) is 19.9 Å². The predicted molar refractivity (Wildman–Crippen MR) is 216 cm³/mol. The van der Waals surface area contributed by atoms with E-state index in [1.165, 1.54) is 6.92 Å². The van der Waals surface area contributed by atoms with Gasteiger partial charge in [0.1, 0.15) is 11.5 Å². The van der Waals surface area contributed by atoms with E-state index in [1.54, 1.807) is 30.9 Å². The molecule has 6 heterocycles. The molecule has 0 radical (unpaired) electrons. The SMILES string of the molecule is CC#N.CCOc1cc(-c2ccccn2)nc(-c2ccccn2)c1.CCOc1cc(-c2ccccn2)nc(-c2ccccn2)c1.F[P-](F)(F)(F)(F)F.F[P-](F)(F)(F)(F)F.F[P-](F)(F)(F)(F)F.[Co+3]. The first-order chi connectivity index (χ1) is 29.5. The molecule has 0 bridgehead atoms. The van der Waals surface area contributed by atoms with E-state index < -0.39 is 23.4 Å². The Kier molecular flexibility index (Phi) is 19.5. The maximum Gasteiger partial charge on any atom is 3.00 e. The third-order valence-corrected chi connectivity index (χ3v) is 5.93. The van der Waals surface area contributed by atoms with E-state index >= 15 is 0 Å². The molecule has 0 fully saturated rings. The van der Waals surface area contributed by atoms with Crippen LogP contribution >= 0.6 is 23.4 Å².